The Hall–Kier alpha value is -2.55. The monoisotopic (exact) mass is 395 g/mol. The largest absolute Gasteiger partial charge is 0.344 e. The number of urea groups is 1. The fourth-order valence-electron chi connectivity index (χ4n) is 3.77. The second kappa shape index (κ2) is 7.83. The van der Waals surface area contributed by atoms with Crippen LogP contribution >= 0.6 is 0 Å². The summed E-state index contributed by atoms with van der Waals surface area (Å²) in [5, 5.41) is 5.02. The van der Waals surface area contributed by atoms with Gasteiger partial charge in [-0.25, -0.2) is 13.6 Å². The third kappa shape index (κ3) is 3.99. The van der Waals surface area contributed by atoms with Crippen LogP contribution in [0.3, 0.4) is 0 Å². The molecule has 9 heteroatoms. The van der Waals surface area contributed by atoms with Gasteiger partial charge in [0.05, 0.1) is 0 Å². The Morgan fingerprint density at radius 2 is 2.04 bits per heavy atom. The standard InChI is InChI=1S/C19H24F2N4O3/c1-11-5-7-19(8-6-11)17(27)25(18(28)23-19)24-16(26)10-22-12(2)14-4-3-13(20)9-15(14)21/h3-4,9,11-12,22H,5-8,10H2,1-2H3,(H,23,28)(H,24,26)/p+1/t11?,12-,19?/m0/s1. The zero-order valence-corrected chi connectivity index (χ0v) is 15.9. The molecule has 0 bridgehead atoms. The Balaban J connectivity index is 1.56. The van der Waals surface area contributed by atoms with Crippen molar-refractivity contribution in [1.82, 2.24) is 15.8 Å². The molecule has 0 radical (unpaired) electrons. The Morgan fingerprint density at radius 3 is 2.68 bits per heavy atom. The molecule has 1 aromatic carbocycles. The second-order valence-corrected chi connectivity index (χ2v) is 7.76. The molecule has 152 valence electrons. The molecule has 1 atom stereocenters. The third-order valence-electron chi connectivity index (χ3n) is 5.64. The first-order chi connectivity index (χ1) is 13.2. The molecule has 4 amide bonds. The first kappa shape index (κ1) is 20.2. The summed E-state index contributed by atoms with van der Waals surface area (Å²) in [4.78, 5) is 37.1. The number of rotatable bonds is 5. The van der Waals surface area contributed by atoms with Crippen LogP contribution in [0.1, 0.15) is 51.1 Å². The first-order valence-corrected chi connectivity index (χ1v) is 9.46. The molecule has 0 unspecified atom stereocenters. The van der Waals surface area contributed by atoms with Crippen LogP contribution in [-0.2, 0) is 9.59 Å². The number of hydrazine groups is 1. The summed E-state index contributed by atoms with van der Waals surface area (Å²) < 4.78 is 26.8. The van der Waals surface area contributed by atoms with Crippen molar-refractivity contribution in [2.45, 2.75) is 51.1 Å². The molecule has 2 aliphatic rings. The summed E-state index contributed by atoms with van der Waals surface area (Å²) >= 11 is 0. The van der Waals surface area contributed by atoms with E-state index >= 15 is 0 Å². The van der Waals surface area contributed by atoms with Crippen LogP contribution in [0.4, 0.5) is 13.6 Å². The van der Waals surface area contributed by atoms with E-state index in [9.17, 15) is 23.2 Å². The van der Waals surface area contributed by atoms with Crippen LogP contribution in [-0.4, -0.2) is 34.9 Å². The van der Waals surface area contributed by atoms with E-state index in [1.165, 1.54) is 6.07 Å². The summed E-state index contributed by atoms with van der Waals surface area (Å²) in [5.41, 5.74) is 1.68. The molecule has 7 nitrogen and oxygen atoms in total. The van der Waals surface area contributed by atoms with Gasteiger partial charge in [0.1, 0.15) is 23.2 Å². The Morgan fingerprint density at radius 1 is 1.36 bits per heavy atom. The van der Waals surface area contributed by atoms with Crippen LogP contribution in [0.2, 0.25) is 0 Å². The maximum absolute atomic E-state index is 13.8. The van der Waals surface area contributed by atoms with Gasteiger partial charge in [-0.2, -0.15) is 5.01 Å². The number of hydrogen-bond donors (Lipinski definition) is 3. The Bertz CT molecular complexity index is 793. The number of carbonyl (C=O) groups is 3. The molecule has 3 rings (SSSR count). The van der Waals surface area contributed by atoms with Gasteiger partial charge in [-0.3, -0.25) is 15.0 Å². The predicted octanol–water partition coefficient (Wildman–Crippen LogP) is 1.12. The van der Waals surface area contributed by atoms with Crippen molar-refractivity contribution in [3.8, 4) is 0 Å². The second-order valence-electron chi connectivity index (χ2n) is 7.76. The van der Waals surface area contributed by atoms with Gasteiger partial charge in [-0.05, 0) is 50.7 Å². The zero-order valence-electron chi connectivity index (χ0n) is 15.9. The molecule has 1 saturated heterocycles. The number of nitrogens with one attached hydrogen (secondary N) is 2. The van der Waals surface area contributed by atoms with E-state index in [1.807, 2.05) is 0 Å². The van der Waals surface area contributed by atoms with E-state index < -0.39 is 41.1 Å². The fourth-order valence-corrected chi connectivity index (χ4v) is 3.77. The molecule has 1 heterocycles. The van der Waals surface area contributed by atoms with Gasteiger partial charge in [-0.15, -0.1) is 0 Å². The molecular weight excluding hydrogens is 370 g/mol. The highest BCUT2D eigenvalue weighted by Crippen LogP contribution is 2.35. The van der Waals surface area contributed by atoms with Gasteiger partial charge < -0.3 is 10.6 Å². The minimum atomic E-state index is -0.925. The van der Waals surface area contributed by atoms with Crippen molar-refractivity contribution in [2.75, 3.05) is 6.54 Å². The van der Waals surface area contributed by atoms with Gasteiger partial charge in [0.15, 0.2) is 6.54 Å². The van der Waals surface area contributed by atoms with Crippen molar-refractivity contribution in [3.05, 3.63) is 35.4 Å². The number of imide groups is 1. The van der Waals surface area contributed by atoms with Crippen molar-refractivity contribution in [2.24, 2.45) is 5.92 Å². The topological polar surface area (TPSA) is 95.1 Å². The van der Waals surface area contributed by atoms with Crippen molar-refractivity contribution >= 4 is 17.8 Å². The van der Waals surface area contributed by atoms with Gasteiger partial charge in [-0.1, -0.05) is 6.92 Å². The van der Waals surface area contributed by atoms with E-state index in [0.29, 0.717) is 18.8 Å². The van der Waals surface area contributed by atoms with Crippen molar-refractivity contribution in [3.63, 3.8) is 0 Å². The average molecular weight is 395 g/mol. The minimum Gasteiger partial charge on any atom is -0.332 e. The number of nitrogens with zero attached hydrogens (tertiary/aromatic N) is 1. The number of halogens is 2. The molecule has 1 aliphatic carbocycles. The van der Waals surface area contributed by atoms with E-state index in [4.69, 9.17) is 0 Å². The molecule has 0 aromatic heterocycles. The number of carbonyl (C=O) groups excluding carboxylic acids is 3. The molecule has 2 fully saturated rings. The van der Waals surface area contributed by atoms with Crippen LogP contribution in [0, 0.1) is 17.6 Å². The Labute approximate surface area is 161 Å². The van der Waals surface area contributed by atoms with Crippen molar-refractivity contribution in [1.29, 1.82) is 0 Å². The average Bonchev–Trinajstić information content (AvgIpc) is 2.86. The van der Waals surface area contributed by atoms with Gasteiger partial charge in [0.2, 0.25) is 0 Å². The van der Waals surface area contributed by atoms with E-state index in [-0.39, 0.29) is 12.1 Å². The Kier molecular flexibility index (Phi) is 5.64. The molecule has 1 aliphatic heterocycles. The summed E-state index contributed by atoms with van der Waals surface area (Å²) in [6, 6.07) is 2.19. The van der Waals surface area contributed by atoms with Crippen LogP contribution in [0.5, 0.6) is 0 Å². The number of nitrogens with two attached hydrogens (primary N) is 1. The van der Waals surface area contributed by atoms with Crippen LogP contribution < -0.4 is 16.1 Å². The van der Waals surface area contributed by atoms with Crippen molar-refractivity contribution < 1.29 is 28.5 Å². The van der Waals surface area contributed by atoms with E-state index in [2.05, 4.69) is 17.7 Å². The minimum absolute atomic E-state index is 0.126. The lowest BCUT2D eigenvalue weighted by atomic mass is 9.77. The third-order valence-corrected chi connectivity index (χ3v) is 5.64. The zero-order chi connectivity index (χ0) is 20.5. The van der Waals surface area contributed by atoms with Gasteiger partial charge in [0.25, 0.3) is 11.8 Å². The summed E-state index contributed by atoms with van der Waals surface area (Å²) in [6.07, 6.45) is 2.78. The maximum Gasteiger partial charge on any atom is 0.344 e. The lowest BCUT2D eigenvalue weighted by molar-refractivity contribution is -0.682. The summed E-state index contributed by atoms with van der Waals surface area (Å²) in [7, 11) is 0. The van der Waals surface area contributed by atoms with Crippen LogP contribution in [0.15, 0.2) is 18.2 Å². The van der Waals surface area contributed by atoms with Crippen LogP contribution in [0.25, 0.3) is 0 Å². The molecule has 28 heavy (non-hydrogen) atoms. The smallest absolute Gasteiger partial charge is 0.332 e. The molecule has 4 N–H and O–H groups in total. The lowest BCUT2D eigenvalue weighted by Gasteiger charge is -2.33. The molecule has 1 saturated carbocycles. The van der Waals surface area contributed by atoms with E-state index in [1.54, 1.807) is 12.2 Å². The van der Waals surface area contributed by atoms with Gasteiger partial charge in [0, 0.05) is 11.6 Å². The maximum atomic E-state index is 13.8. The summed E-state index contributed by atoms with van der Waals surface area (Å²) in [5.74, 6) is -1.85. The highest BCUT2D eigenvalue weighted by Gasteiger charge is 2.52. The predicted molar refractivity (Wildman–Crippen MR) is 95.4 cm³/mol. The quantitative estimate of drug-likeness (QED) is 0.652. The highest BCUT2D eigenvalue weighted by atomic mass is 19.1. The molecule has 1 aromatic rings. The fraction of sp³-hybridized carbons (Fsp3) is 0.526. The SMILES string of the molecule is CC1CCC2(CC1)NC(=O)N(NC(=O)C[NH2+][C@@H](C)c1ccc(F)cc1F)C2=O. The molecular formula is C19H25F2N4O3+. The lowest BCUT2D eigenvalue weighted by Crippen LogP contribution is -2.87. The number of quaternary nitrogens is 1. The number of hydrogen-bond acceptors (Lipinski definition) is 3. The van der Waals surface area contributed by atoms with Gasteiger partial charge >= 0.3 is 6.03 Å². The molecule has 1 spiro atoms. The number of amides is 4. The van der Waals surface area contributed by atoms with E-state index in [0.717, 1.165) is 30.0 Å². The summed E-state index contributed by atoms with van der Waals surface area (Å²) in [6.45, 7) is 3.66. The highest BCUT2D eigenvalue weighted by molar-refractivity contribution is 6.08. The first-order valence-electron chi connectivity index (χ1n) is 9.46. The normalized spacial score (nSPS) is 25.7. The number of benzene rings is 1.